The van der Waals surface area contributed by atoms with Gasteiger partial charge in [-0.15, -0.1) is 0 Å². The van der Waals surface area contributed by atoms with Gasteiger partial charge in [-0.3, -0.25) is 9.59 Å². The van der Waals surface area contributed by atoms with Crippen molar-refractivity contribution in [3.05, 3.63) is 47.5 Å². The van der Waals surface area contributed by atoms with Crippen molar-refractivity contribution in [3.8, 4) is 0 Å². The Kier molecular flexibility index (Phi) is 4.50. The molecule has 0 radical (unpaired) electrons. The Labute approximate surface area is 113 Å². The van der Waals surface area contributed by atoms with Crippen molar-refractivity contribution in [2.75, 3.05) is 7.11 Å². The summed E-state index contributed by atoms with van der Waals surface area (Å²) in [5.41, 5.74) is 1.45. The highest BCUT2D eigenvalue weighted by atomic mass is 16.5. The molecule has 2 rings (SSSR count). The lowest BCUT2D eigenvalue weighted by molar-refractivity contribution is -0.141. The molecule has 0 N–H and O–H groups in total. The lowest BCUT2D eigenvalue weighted by Crippen LogP contribution is -2.20. The summed E-state index contributed by atoms with van der Waals surface area (Å²) in [6.07, 6.45) is 5.08. The topological polar surface area (TPSA) is 43.4 Å². The van der Waals surface area contributed by atoms with Gasteiger partial charge < -0.3 is 4.74 Å². The maximum atomic E-state index is 12.5. The van der Waals surface area contributed by atoms with E-state index in [1.54, 1.807) is 0 Å². The number of carbonyl (C=O) groups is 2. The molecule has 1 aliphatic carbocycles. The number of carbonyl (C=O) groups excluding carboxylic acids is 2. The van der Waals surface area contributed by atoms with Gasteiger partial charge >= 0.3 is 5.97 Å². The third-order valence-corrected chi connectivity index (χ3v) is 3.50. The van der Waals surface area contributed by atoms with E-state index in [4.69, 9.17) is 4.74 Å². The van der Waals surface area contributed by atoms with Crippen molar-refractivity contribution in [1.82, 2.24) is 0 Å². The first-order chi connectivity index (χ1) is 9.22. The number of Topliss-reactive ketones (excluding diaryl/α,β-unsaturated/α-hetero) is 1. The lowest BCUT2D eigenvalue weighted by Gasteiger charge is -2.22. The molecule has 3 heteroatoms. The van der Waals surface area contributed by atoms with Crippen molar-refractivity contribution in [2.45, 2.75) is 25.7 Å². The number of esters is 1. The molecule has 0 aliphatic heterocycles. The molecular formula is C16H18O3. The van der Waals surface area contributed by atoms with Crippen molar-refractivity contribution in [1.29, 1.82) is 0 Å². The summed E-state index contributed by atoms with van der Waals surface area (Å²) in [6, 6.07) is 9.22. The molecule has 0 heterocycles. The molecular weight excluding hydrogens is 240 g/mol. The van der Waals surface area contributed by atoms with Gasteiger partial charge in [0.2, 0.25) is 0 Å². The molecule has 1 unspecified atom stereocenters. The average Bonchev–Trinajstić information content (AvgIpc) is 2.48. The first-order valence-corrected chi connectivity index (χ1v) is 6.59. The molecule has 0 saturated carbocycles. The number of hydrogen-bond donors (Lipinski definition) is 0. The minimum atomic E-state index is -0.251. The van der Waals surface area contributed by atoms with Gasteiger partial charge in [-0.25, -0.2) is 0 Å². The van der Waals surface area contributed by atoms with E-state index < -0.39 is 0 Å². The van der Waals surface area contributed by atoms with Crippen LogP contribution in [0.25, 0.3) is 0 Å². The zero-order chi connectivity index (χ0) is 13.7. The maximum absolute atomic E-state index is 12.5. The molecule has 1 aliphatic rings. The standard InChI is InChI=1S/C16H18O3/c1-19-15(17)11-13-9-5-6-10-14(13)16(18)12-7-3-2-4-8-12/h2-4,7-8,10,13H,5-6,9,11H2,1H3. The van der Waals surface area contributed by atoms with Crippen LogP contribution >= 0.6 is 0 Å². The molecule has 100 valence electrons. The van der Waals surface area contributed by atoms with Gasteiger partial charge in [0.15, 0.2) is 5.78 Å². The van der Waals surface area contributed by atoms with Crippen molar-refractivity contribution >= 4 is 11.8 Å². The maximum Gasteiger partial charge on any atom is 0.306 e. The summed E-state index contributed by atoms with van der Waals surface area (Å²) in [5.74, 6) is -0.221. The highest BCUT2D eigenvalue weighted by molar-refractivity contribution is 6.09. The van der Waals surface area contributed by atoms with E-state index in [0.717, 1.165) is 24.8 Å². The van der Waals surface area contributed by atoms with Crippen molar-refractivity contribution in [2.24, 2.45) is 5.92 Å². The second-order valence-corrected chi connectivity index (χ2v) is 4.76. The predicted octanol–water partition coefficient (Wildman–Crippen LogP) is 3.16. The second kappa shape index (κ2) is 6.32. The second-order valence-electron chi connectivity index (χ2n) is 4.76. The quantitative estimate of drug-likeness (QED) is 0.615. The van der Waals surface area contributed by atoms with Crippen LogP contribution in [0.1, 0.15) is 36.0 Å². The first kappa shape index (κ1) is 13.5. The molecule has 1 aromatic rings. The van der Waals surface area contributed by atoms with E-state index in [1.807, 2.05) is 36.4 Å². The van der Waals surface area contributed by atoms with E-state index >= 15 is 0 Å². The summed E-state index contributed by atoms with van der Waals surface area (Å²) in [6.45, 7) is 0. The monoisotopic (exact) mass is 258 g/mol. The molecule has 0 aromatic heterocycles. The minimum Gasteiger partial charge on any atom is -0.469 e. The largest absolute Gasteiger partial charge is 0.469 e. The third-order valence-electron chi connectivity index (χ3n) is 3.50. The van der Waals surface area contributed by atoms with E-state index in [9.17, 15) is 9.59 Å². The number of benzene rings is 1. The first-order valence-electron chi connectivity index (χ1n) is 6.59. The summed E-state index contributed by atoms with van der Waals surface area (Å²) < 4.78 is 4.71. The zero-order valence-corrected chi connectivity index (χ0v) is 11.1. The van der Waals surface area contributed by atoms with Gasteiger partial charge in [-0.05, 0) is 30.8 Å². The Morgan fingerprint density at radius 2 is 2.00 bits per heavy atom. The van der Waals surface area contributed by atoms with Gasteiger partial charge in [-0.1, -0.05) is 36.4 Å². The zero-order valence-electron chi connectivity index (χ0n) is 11.1. The van der Waals surface area contributed by atoms with E-state index in [-0.39, 0.29) is 17.7 Å². The predicted molar refractivity (Wildman–Crippen MR) is 72.8 cm³/mol. The fourth-order valence-electron chi connectivity index (χ4n) is 2.47. The number of ketones is 1. The van der Waals surface area contributed by atoms with Gasteiger partial charge in [0, 0.05) is 5.56 Å². The van der Waals surface area contributed by atoms with E-state index in [1.165, 1.54) is 7.11 Å². The van der Waals surface area contributed by atoms with Crippen LogP contribution in [0.15, 0.2) is 42.0 Å². The van der Waals surface area contributed by atoms with Crippen LogP contribution in [0.5, 0.6) is 0 Å². The fraction of sp³-hybridized carbons (Fsp3) is 0.375. The number of rotatable bonds is 4. The highest BCUT2D eigenvalue weighted by Crippen LogP contribution is 2.30. The molecule has 0 spiro atoms. The van der Waals surface area contributed by atoms with Crippen LogP contribution in [0, 0.1) is 5.92 Å². The van der Waals surface area contributed by atoms with Crippen LogP contribution in [-0.2, 0) is 9.53 Å². The minimum absolute atomic E-state index is 0.00564. The van der Waals surface area contributed by atoms with Crippen molar-refractivity contribution < 1.29 is 14.3 Å². The average molecular weight is 258 g/mol. The van der Waals surface area contributed by atoms with Crippen LogP contribution in [0.3, 0.4) is 0 Å². The van der Waals surface area contributed by atoms with Gasteiger partial charge in [0.1, 0.15) is 0 Å². The Bertz CT molecular complexity index is 488. The Balaban J connectivity index is 2.18. The van der Waals surface area contributed by atoms with Crippen LogP contribution in [-0.4, -0.2) is 18.9 Å². The molecule has 1 atom stereocenters. The van der Waals surface area contributed by atoms with Crippen LogP contribution < -0.4 is 0 Å². The van der Waals surface area contributed by atoms with Gasteiger partial charge in [-0.2, -0.15) is 0 Å². The fourth-order valence-corrected chi connectivity index (χ4v) is 2.47. The third kappa shape index (κ3) is 3.31. The molecule has 1 aromatic carbocycles. The number of allylic oxidation sites excluding steroid dienone is 2. The Hall–Kier alpha value is -1.90. The SMILES string of the molecule is COC(=O)CC1CCCC=C1C(=O)c1ccccc1. The number of hydrogen-bond acceptors (Lipinski definition) is 3. The lowest BCUT2D eigenvalue weighted by atomic mass is 9.81. The molecule has 0 fully saturated rings. The summed E-state index contributed by atoms with van der Waals surface area (Å²) in [4.78, 5) is 23.9. The smallest absolute Gasteiger partial charge is 0.306 e. The normalized spacial score (nSPS) is 18.6. The summed E-state index contributed by atoms with van der Waals surface area (Å²) in [5, 5.41) is 0. The van der Waals surface area contributed by atoms with Crippen LogP contribution in [0.2, 0.25) is 0 Å². The molecule has 0 amide bonds. The molecule has 0 saturated heterocycles. The van der Waals surface area contributed by atoms with Crippen molar-refractivity contribution in [3.63, 3.8) is 0 Å². The molecule has 3 nitrogen and oxygen atoms in total. The van der Waals surface area contributed by atoms with Gasteiger partial charge in [0.05, 0.1) is 13.5 Å². The Morgan fingerprint density at radius 1 is 1.26 bits per heavy atom. The number of methoxy groups -OCH3 is 1. The van der Waals surface area contributed by atoms with E-state index in [0.29, 0.717) is 12.0 Å². The van der Waals surface area contributed by atoms with E-state index in [2.05, 4.69) is 0 Å². The van der Waals surface area contributed by atoms with Crippen LogP contribution in [0.4, 0.5) is 0 Å². The summed E-state index contributed by atoms with van der Waals surface area (Å²) >= 11 is 0. The highest BCUT2D eigenvalue weighted by Gasteiger charge is 2.26. The molecule has 0 bridgehead atoms. The Morgan fingerprint density at radius 3 is 2.68 bits per heavy atom. The van der Waals surface area contributed by atoms with Gasteiger partial charge in [0.25, 0.3) is 0 Å². The molecule has 19 heavy (non-hydrogen) atoms. The summed E-state index contributed by atoms with van der Waals surface area (Å²) in [7, 11) is 1.38. The number of ether oxygens (including phenoxy) is 1.